The van der Waals surface area contributed by atoms with E-state index in [4.69, 9.17) is 5.11 Å². The lowest BCUT2D eigenvalue weighted by atomic mass is 9.95. The third-order valence-electron chi connectivity index (χ3n) is 2.19. The second-order valence-corrected chi connectivity index (χ2v) is 4.37. The van der Waals surface area contributed by atoms with E-state index in [1.807, 2.05) is 32.0 Å². The molecule has 2 N–H and O–H groups in total. The predicted octanol–water partition coefficient (Wildman–Crippen LogP) is 1.43. The molecule has 1 rings (SSSR count). The number of nitrogens with one attached hydrogen (secondary N) is 1. The van der Waals surface area contributed by atoms with E-state index in [1.54, 1.807) is 12.1 Å². The molecular weight excluding hydrogens is 190 g/mol. The van der Waals surface area contributed by atoms with E-state index >= 15 is 0 Å². The lowest BCUT2D eigenvalue weighted by Gasteiger charge is -2.21. The first-order chi connectivity index (χ1) is 7.05. The van der Waals surface area contributed by atoms with Crippen LogP contribution in [-0.4, -0.2) is 24.2 Å². The van der Waals surface area contributed by atoms with E-state index in [2.05, 4.69) is 5.32 Å². The standard InChI is InChI=1S/C12H17NO2/c1-12(2,9-14)8-13-11(15)10-6-4-3-5-7-10/h3-7,14H,8-9H2,1-2H3,(H,13,15). The minimum absolute atomic E-state index is 0.0576. The lowest BCUT2D eigenvalue weighted by molar-refractivity contribution is 0.0911. The van der Waals surface area contributed by atoms with Gasteiger partial charge in [-0.05, 0) is 12.1 Å². The molecule has 1 amide bonds. The Morgan fingerprint density at radius 1 is 1.33 bits per heavy atom. The maximum atomic E-state index is 11.6. The van der Waals surface area contributed by atoms with Gasteiger partial charge in [0, 0.05) is 24.1 Å². The van der Waals surface area contributed by atoms with E-state index in [0.717, 1.165) is 0 Å². The van der Waals surface area contributed by atoms with Crippen LogP contribution in [-0.2, 0) is 0 Å². The average molecular weight is 207 g/mol. The van der Waals surface area contributed by atoms with Crippen LogP contribution in [0.1, 0.15) is 24.2 Å². The van der Waals surface area contributed by atoms with Crippen molar-refractivity contribution in [3.8, 4) is 0 Å². The van der Waals surface area contributed by atoms with Crippen molar-refractivity contribution in [1.29, 1.82) is 0 Å². The minimum Gasteiger partial charge on any atom is -0.396 e. The number of amides is 1. The summed E-state index contributed by atoms with van der Waals surface area (Å²) in [7, 11) is 0. The van der Waals surface area contributed by atoms with Crippen molar-refractivity contribution in [2.45, 2.75) is 13.8 Å². The van der Waals surface area contributed by atoms with E-state index in [9.17, 15) is 4.79 Å². The second-order valence-electron chi connectivity index (χ2n) is 4.37. The molecule has 3 heteroatoms. The van der Waals surface area contributed by atoms with Gasteiger partial charge in [0.25, 0.3) is 5.91 Å². The zero-order chi connectivity index (χ0) is 11.3. The Labute approximate surface area is 90.1 Å². The Morgan fingerprint density at radius 2 is 1.93 bits per heavy atom. The number of rotatable bonds is 4. The predicted molar refractivity (Wildman–Crippen MR) is 59.6 cm³/mol. The number of aliphatic hydroxyl groups is 1. The average Bonchev–Trinajstić information content (AvgIpc) is 2.27. The van der Waals surface area contributed by atoms with Gasteiger partial charge in [0.1, 0.15) is 0 Å². The van der Waals surface area contributed by atoms with Crippen LogP contribution in [0.5, 0.6) is 0 Å². The Hall–Kier alpha value is -1.35. The summed E-state index contributed by atoms with van der Waals surface area (Å²) in [6, 6.07) is 9.05. The molecule has 0 aromatic heterocycles. The zero-order valence-corrected chi connectivity index (χ0v) is 9.16. The molecule has 0 aliphatic carbocycles. The molecule has 1 aromatic carbocycles. The fraction of sp³-hybridized carbons (Fsp3) is 0.417. The molecule has 0 fully saturated rings. The van der Waals surface area contributed by atoms with E-state index in [1.165, 1.54) is 0 Å². The SMILES string of the molecule is CC(C)(CO)CNC(=O)c1ccccc1. The summed E-state index contributed by atoms with van der Waals surface area (Å²) >= 11 is 0. The van der Waals surface area contributed by atoms with Gasteiger partial charge in [-0.25, -0.2) is 0 Å². The molecule has 0 unspecified atom stereocenters. The Balaban J connectivity index is 2.51. The first-order valence-corrected chi connectivity index (χ1v) is 4.99. The van der Waals surface area contributed by atoms with E-state index in [0.29, 0.717) is 12.1 Å². The van der Waals surface area contributed by atoms with Crippen LogP contribution in [0.25, 0.3) is 0 Å². The maximum Gasteiger partial charge on any atom is 0.251 e. The third kappa shape index (κ3) is 3.72. The van der Waals surface area contributed by atoms with Gasteiger partial charge in [0.05, 0.1) is 0 Å². The zero-order valence-electron chi connectivity index (χ0n) is 9.16. The largest absolute Gasteiger partial charge is 0.396 e. The minimum atomic E-state index is -0.273. The molecule has 0 bridgehead atoms. The fourth-order valence-electron chi connectivity index (χ4n) is 1.07. The van der Waals surface area contributed by atoms with Crippen molar-refractivity contribution < 1.29 is 9.90 Å². The summed E-state index contributed by atoms with van der Waals surface area (Å²) in [5.41, 5.74) is 0.371. The van der Waals surface area contributed by atoms with Gasteiger partial charge < -0.3 is 10.4 Å². The molecule has 1 aromatic rings. The van der Waals surface area contributed by atoms with Crippen LogP contribution in [0.2, 0.25) is 0 Å². The molecule has 0 radical (unpaired) electrons. The van der Waals surface area contributed by atoms with Crippen molar-refractivity contribution in [2.75, 3.05) is 13.2 Å². The normalized spacial score (nSPS) is 11.1. The topological polar surface area (TPSA) is 49.3 Å². The molecule has 15 heavy (non-hydrogen) atoms. The van der Waals surface area contributed by atoms with Gasteiger partial charge in [0.2, 0.25) is 0 Å². The number of hydrogen-bond donors (Lipinski definition) is 2. The highest BCUT2D eigenvalue weighted by molar-refractivity contribution is 5.94. The molecule has 3 nitrogen and oxygen atoms in total. The van der Waals surface area contributed by atoms with Gasteiger partial charge in [0.15, 0.2) is 0 Å². The maximum absolute atomic E-state index is 11.6. The highest BCUT2D eigenvalue weighted by atomic mass is 16.3. The lowest BCUT2D eigenvalue weighted by Crippen LogP contribution is -2.36. The van der Waals surface area contributed by atoms with Crippen molar-refractivity contribution in [3.63, 3.8) is 0 Å². The van der Waals surface area contributed by atoms with Crippen LogP contribution in [0.3, 0.4) is 0 Å². The number of aliphatic hydroxyl groups excluding tert-OH is 1. The number of hydrogen-bond acceptors (Lipinski definition) is 2. The summed E-state index contributed by atoms with van der Waals surface area (Å²) in [4.78, 5) is 11.6. The first-order valence-electron chi connectivity index (χ1n) is 4.99. The van der Waals surface area contributed by atoms with Crippen molar-refractivity contribution >= 4 is 5.91 Å². The Morgan fingerprint density at radius 3 is 2.47 bits per heavy atom. The van der Waals surface area contributed by atoms with Gasteiger partial charge in [-0.2, -0.15) is 0 Å². The van der Waals surface area contributed by atoms with Crippen LogP contribution in [0, 0.1) is 5.41 Å². The Kier molecular flexibility index (Phi) is 3.86. The van der Waals surface area contributed by atoms with Gasteiger partial charge >= 0.3 is 0 Å². The molecular formula is C12H17NO2. The van der Waals surface area contributed by atoms with Crippen molar-refractivity contribution in [1.82, 2.24) is 5.32 Å². The molecule has 0 aliphatic heterocycles. The number of benzene rings is 1. The summed E-state index contributed by atoms with van der Waals surface area (Å²) < 4.78 is 0. The highest BCUT2D eigenvalue weighted by Crippen LogP contribution is 2.11. The highest BCUT2D eigenvalue weighted by Gasteiger charge is 2.17. The summed E-state index contributed by atoms with van der Waals surface area (Å²) in [5, 5.41) is 11.8. The smallest absolute Gasteiger partial charge is 0.251 e. The Bertz CT molecular complexity index is 320. The molecule has 82 valence electrons. The van der Waals surface area contributed by atoms with Crippen LogP contribution in [0.4, 0.5) is 0 Å². The molecule has 0 saturated carbocycles. The van der Waals surface area contributed by atoms with E-state index < -0.39 is 0 Å². The van der Waals surface area contributed by atoms with Crippen LogP contribution >= 0.6 is 0 Å². The molecule has 0 aliphatic rings. The van der Waals surface area contributed by atoms with Crippen molar-refractivity contribution in [3.05, 3.63) is 35.9 Å². The summed E-state index contributed by atoms with van der Waals surface area (Å²) in [6.45, 7) is 4.33. The summed E-state index contributed by atoms with van der Waals surface area (Å²) in [6.07, 6.45) is 0. The van der Waals surface area contributed by atoms with Crippen molar-refractivity contribution in [2.24, 2.45) is 5.41 Å². The first kappa shape index (κ1) is 11.7. The van der Waals surface area contributed by atoms with Gasteiger partial charge in [-0.3, -0.25) is 4.79 Å². The molecule has 0 atom stereocenters. The molecule has 0 heterocycles. The molecule has 0 saturated heterocycles. The monoisotopic (exact) mass is 207 g/mol. The molecule has 0 spiro atoms. The quantitative estimate of drug-likeness (QED) is 0.784. The van der Waals surface area contributed by atoms with Crippen LogP contribution < -0.4 is 5.32 Å². The fourth-order valence-corrected chi connectivity index (χ4v) is 1.07. The number of carbonyl (C=O) groups excluding carboxylic acids is 1. The summed E-state index contributed by atoms with van der Waals surface area (Å²) in [5.74, 6) is -0.0999. The van der Waals surface area contributed by atoms with Crippen LogP contribution in [0.15, 0.2) is 30.3 Å². The third-order valence-corrected chi connectivity index (χ3v) is 2.19. The number of carbonyl (C=O) groups is 1. The van der Waals surface area contributed by atoms with Gasteiger partial charge in [-0.1, -0.05) is 32.0 Å². The van der Waals surface area contributed by atoms with E-state index in [-0.39, 0.29) is 17.9 Å². The van der Waals surface area contributed by atoms with Gasteiger partial charge in [-0.15, -0.1) is 0 Å². The second kappa shape index (κ2) is 4.94.